The normalized spacial score (nSPS) is 21.6. The summed E-state index contributed by atoms with van der Waals surface area (Å²) in [6.07, 6.45) is -0.142. The number of rotatable bonds is 6. The monoisotopic (exact) mass is 286 g/mol. The molecular formula is C11H14N2O7. The Labute approximate surface area is 114 Å². The molecule has 0 aromatic rings. The van der Waals surface area contributed by atoms with Gasteiger partial charge in [0.15, 0.2) is 0 Å². The van der Waals surface area contributed by atoms with Crippen molar-refractivity contribution in [1.29, 1.82) is 0 Å². The van der Waals surface area contributed by atoms with Crippen LogP contribution < -0.4 is 5.73 Å². The Kier molecular flexibility index (Phi) is 5.84. The van der Waals surface area contributed by atoms with E-state index in [9.17, 15) is 14.9 Å². The SMILES string of the molecule is C=C(/C=C\C(=C)[N+](=O)[O-])OC(=O)OCC1COC(N)O1. The van der Waals surface area contributed by atoms with Gasteiger partial charge in [-0.2, -0.15) is 0 Å². The Morgan fingerprint density at radius 1 is 1.50 bits per heavy atom. The average Bonchev–Trinajstić information content (AvgIpc) is 2.79. The summed E-state index contributed by atoms with van der Waals surface area (Å²) in [4.78, 5) is 20.8. The summed E-state index contributed by atoms with van der Waals surface area (Å²) in [7, 11) is 0. The maximum absolute atomic E-state index is 11.2. The number of carbonyl (C=O) groups is 1. The Bertz CT molecular complexity index is 446. The molecule has 0 aromatic carbocycles. The van der Waals surface area contributed by atoms with Crippen molar-refractivity contribution in [3.05, 3.63) is 46.9 Å². The van der Waals surface area contributed by atoms with E-state index in [1.165, 1.54) is 0 Å². The first kappa shape index (κ1) is 15.8. The van der Waals surface area contributed by atoms with Gasteiger partial charge >= 0.3 is 6.16 Å². The van der Waals surface area contributed by atoms with Crippen molar-refractivity contribution in [1.82, 2.24) is 0 Å². The third-order valence-corrected chi connectivity index (χ3v) is 2.07. The fraction of sp³-hybridized carbons (Fsp3) is 0.364. The van der Waals surface area contributed by atoms with Crippen molar-refractivity contribution in [3.63, 3.8) is 0 Å². The van der Waals surface area contributed by atoms with Crippen molar-refractivity contribution in [3.8, 4) is 0 Å². The lowest BCUT2D eigenvalue weighted by Gasteiger charge is -2.09. The first-order valence-electron chi connectivity index (χ1n) is 5.46. The highest BCUT2D eigenvalue weighted by atomic mass is 16.8. The fourth-order valence-electron chi connectivity index (χ4n) is 1.14. The van der Waals surface area contributed by atoms with Gasteiger partial charge in [0.25, 0.3) is 5.70 Å². The number of carbonyl (C=O) groups excluding carboxylic acids is 1. The number of allylic oxidation sites excluding steroid dienone is 2. The van der Waals surface area contributed by atoms with E-state index in [-0.39, 0.29) is 24.7 Å². The lowest BCUT2D eigenvalue weighted by molar-refractivity contribution is -0.418. The Balaban J connectivity index is 2.26. The predicted octanol–water partition coefficient (Wildman–Crippen LogP) is 0.658. The largest absolute Gasteiger partial charge is 0.513 e. The maximum Gasteiger partial charge on any atom is 0.513 e. The Hall–Kier alpha value is -2.23. The standard InChI is InChI=1S/C11H14N2O7/c1-7(13(15)16)3-4-8(2)19-11(14)18-6-9-5-17-10(12)20-9/h3-4,9-10H,1-2,5-6,12H2/b4-3-. The molecule has 0 radical (unpaired) electrons. The molecule has 1 rings (SSSR count). The van der Waals surface area contributed by atoms with Crippen LogP contribution in [0, 0.1) is 10.1 Å². The quantitative estimate of drug-likeness (QED) is 0.248. The highest BCUT2D eigenvalue weighted by molar-refractivity contribution is 5.61. The highest BCUT2D eigenvalue weighted by Crippen LogP contribution is 2.08. The molecule has 2 unspecified atom stereocenters. The molecule has 1 aliphatic rings. The van der Waals surface area contributed by atoms with E-state index in [4.69, 9.17) is 19.9 Å². The molecule has 2 atom stereocenters. The van der Waals surface area contributed by atoms with Gasteiger partial charge in [0.05, 0.1) is 11.5 Å². The van der Waals surface area contributed by atoms with Crippen LogP contribution in [0.1, 0.15) is 0 Å². The molecule has 1 saturated heterocycles. The van der Waals surface area contributed by atoms with Crippen molar-refractivity contribution in [2.45, 2.75) is 12.5 Å². The molecule has 110 valence electrons. The molecule has 2 N–H and O–H groups in total. The molecular weight excluding hydrogens is 272 g/mol. The molecule has 0 saturated carbocycles. The lowest BCUT2D eigenvalue weighted by Crippen LogP contribution is -2.24. The van der Waals surface area contributed by atoms with Gasteiger partial charge < -0.3 is 18.9 Å². The van der Waals surface area contributed by atoms with Crippen molar-refractivity contribution in [2.75, 3.05) is 13.2 Å². The minimum Gasteiger partial charge on any atom is -0.431 e. The van der Waals surface area contributed by atoms with Crippen LogP contribution in [0.3, 0.4) is 0 Å². The van der Waals surface area contributed by atoms with Gasteiger partial charge in [0.2, 0.25) is 6.41 Å². The fourth-order valence-corrected chi connectivity index (χ4v) is 1.14. The van der Waals surface area contributed by atoms with E-state index in [1.807, 2.05) is 0 Å². The molecule has 1 aliphatic heterocycles. The van der Waals surface area contributed by atoms with E-state index in [0.717, 1.165) is 12.2 Å². The summed E-state index contributed by atoms with van der Waals surface area (Å²) < 4.78 is 19.3. The Morgan fingerprint density at radius 2 is 2.20 bits per heavy atom. The van der Waals surface area contributed by atoms with Crippen LogP contribution >= 0.6 is 0 Å². The van der Waals surface area contributed by atoms with E-state index in [2.05, 4.69) is 17.9 Å². The first-order valence-corrected chi connectivity index (χ1v) is 5.46. The summed E-state index contributed by atoms with van der Waals surface area (Å²) in [5.41, 5.74) is 4.93. The smallest absolute Gasteiger partial charge is 0.431 e. The minimum absolute atomic E-state index is 0.0921. The van der Waals surface area contributed by atoms with Crippen LogP contribution in [0.4, 0.5) is 4.79 Å². The molecule has 20 heavy (non-hydrogen) atoms. The zero-order chi connectivity index (χ0) is 15.1. The van der Waals surface area contributed by atoms with Crippen molar-refractivity contribution < 1.29 is 28.7 Å². The molecule has 9 heteroatoms. The number of hydrogen-bond donors (Lipinski definition) is 1. The van der Waals surface area contributed by atoms with Crippen LogP contribution in [-0.4, -0.2) is 36.8 Å². The zero-order valence-corrected chi connectivity index (χ0v) is 10.5. The summed E-state index contributed by atoms with van der Waals surface area (Å²) in [5.74, 6) is -0.127. The number of nitrogens with zero attached hydrogens (tertiary/aromatic N) is 1. The molecule has 0 amide bonds. The minimum atomic E-state index is -1.02. The molecule has 0 bridgehead atoms. The molecule has 1 fully saturated rings. The number of ether oxygens (including phenoxy) is 4. The highest BCUT2D eigenvalue weighted by Gasteiger charge is 2.24. The van der Waals surface area contributed by atoms with Gasteiger partial charge in [-0.25, -0.2) is 4.79 Å². The van der Waals surface area contributed by atoms with Gasteiger partial charge in [0.1, 0.15) is 18.5 Å². The van der Waals surface area contributed by atoms with E-state index in [1.54, 1.807) is 0 Å². The van der Waals surface area contributed by atoms with Gasteiger partial charge in [-0.15, -0.1) is 0 Å². The summed E-state index contributed by atoms with van der Waals surface area (Å²) in [6.45, 7) is 6.64. The second kappa shape index (κ2) is 7.38. The average molecular weight is 286 g/mol. The first-order chi connectivity index (χ1) is 9.38. The molecule has 0 aliphatic carbocycles. The van der Waals surface area contributed by atoms with Gasteiger partial charge in [-0.3, -0.25) is 15.8 Å². The van der Waals surface area contributed by atoms with Crippen LogP contribution in [0.25, 0.3) is 0 Å². The summed E-state index contributed by atoms with van der Waals surface area (Å²) in [6, 6.07) is 0. The Morgan fingerprint density at radius 3 is 2.75 bits per heavy atom. The van der Waals surface area contributed by atoms with Crippen molar-refractivity contribution >= 4 is 6.16 Å². The van der Waals surface area contributed by atoms with E-state index < -0.39 is 23.6 Å². The van der Waals surface area contributed by atoms with Crippen LogP contribution in [0.2, 0.25) is 0 Å². The number of hydrogen-bond acceptors (Lipinski definition) is 8. The van der Waals surface area contributed by atoms with Gasteiger partial charge in [-0.1, -0.05) is 6.58 Å². The lowest BCUT2D eigenvalue weighted by atomic mass is 10.4. The summed E-state index contributed by atoms with van der Waals surface area (Å²) >= 11 is 0. The number of nitrogens with two attached hydrogens (primary N) is 1. The van der Waals surface area contributed by atoms with Gasteiger partial charge in [-0.05, 0) is 12.7 Å². The van der Waals surface area contributed by atoms with Crippen LogP contribution in [0.5, 0.6) is 0 Å². The predicted molar refractivity (Wildman–Crippen MR) is 65.6 cm³/mol. The second-order valence-corrected chi connectivity index (χ2v) is 3.67. The van der Waals surface area contributed by atoms with Crippen molar-refractivity contribution in [2.24, 2.45) is 5.73 Å². The molecule has 9 nitrogen and oxygen atoms in total. The third-order valence-electron chi connectivity index (χ3n) is 2.07. The zero-order valence-electron chi connectivity index (χ0n) is 10.5. The van der Waals surface area contributed by atoms with E-state index in [0.29, 0.717) is 0 Å². The topological polar surface area (TPSA) is 123 Å². The van der Waals surface area contributed by atoms with E-state index >= 15 is 0 Å². The summed E-state index contributed by atoms with van der Waals surface area (Å²) in [5, 5.41) is 10.3. The van der Waals surface area contributed by atoms with Crippen LogP contribution in [0.15, 0.2) is 36.8 Å². The van der Waals surface area contributed by atoms with Crippen LogP contribution in [-0.2, 0) is 18.9 Å². The third kappa shape index (κ3) is 5.61. The second-order valence-electron chi connectivity index (χ2n) is 3.67. The number of nitro groups is 1. The molecule has 0 aromatic heterocycles. The van der Waals surface area contributed by atoms with Gasteiger partial charge in [0, 0.05) is 6.08 Å². The molecule has 0 spiro atoms. The molecule has 1 heterocycles. The maximum atomic E-state index is 11.2.